The van der Waals surface area contributed by atoms with Crippen LogP contribution in [-0.4, -0.2) is 30.9 Å². The first-order chi connectivity index (χ1) is 7.36. The summed E-state index contributed by atoms with van der Waals surface area (Å²) >= 11 is 0. The maximum absolute atomic E-state index is 9.54. The number of aliphatic hydroxyl groups is 1. The minimum atomic E-state index is -0.249. The first kappa shape index (κ1) is 10.6. The lowest BCUT2D eigenvalue weighted by Gasteiger charge is -2.13. The van der Waals surface area contributed by atoms with Crippen LogP contribution in [0.2, 0.25) is 0 Å². The molecule has 0 aromatic heterocycles. The fourth-order valence-electron chi connectivity index (χ4n) is 1.79. The molecule has 1 aliphatic rings. The third kappa shape index (κ3) is 3.02. The normalized spacial score (nSPS) is 25.7. The van der Waals surface area contributed by atoms with E-state index in [1.807, 2.05) is 30.3 Å². The molecule has 1 heterocycles. The van der Waals surface area contributed by atoms with Crippen LogP contribution in [0.4, 0.5) is 0 Å². The van der Waals surface area contributed by atoms with Crippen LogP contribution in [0.1, 0.15) is 5.56 Å². The fraction of sp³-hybridized carbons (Fsp3) is 0.500. The third-order valence-corrected chi connectivity index (χ3v) is 2.75. The molecule has 2 N–H and O–H groups in total. The second-order valence-electron chi connectivity index (χ2n) is 3.99. The summed E-state index contributed by atoms with van der Waals surface area (Å²) in [5.41, 5.74) is 1.18. The first-order valence-corrected chi connectivity index (χ1v) is 5.36. The van der Waals surface area contributed by atoms with Gasteiger partial charge < -0.3 is 15.2 Å². The summed E-state index contributed by atoms with van der Waals surface area (Å²) < 4.78 is 5.57. The standard InChI is InChI=1S/C12H17NO2/c14-12-7-13-6-11(12)9-15-8-10-4-2-1-3-5-10/h1-5,11-14H,6-9H2. The van der Waals surface area contributed by atoms with Gasteiger partial charge in [-0.3, -0.25) is 0 Å². The van der Waals surface area contributed by atoms with Crippen molar-refractivity contribution in [3.8, 4) is 0 Å². The molecule has 3 heteroatoms. The van der Waals surface area contributed by atoms with Gasteiger partial charge in [-0.25, -0.2) is 0 Å². The molecule has 0 radical (unpaired) electrons. The van der Waals surface area contributed by atoms with Gasteiger partial charge in [-0.15, -0.1) is 0 Å². The largest absolute Gasteiger partial charge is 0.391 e. The number of hydrogen-bond donors (Lipinski definition) is 2. The van der Waals surface area contributed by atoms with E-state index in [4.69, 9.17) is 4.74 Å². The highest BCUT2D eigenvalue weighted by atomic mass is 16.5. The van der Waals surface area contributed by atoms with Crippen LogP contribution in [-0.2, 0) is 11.3 Å². The molecule has 82 valence electrons. The number of hydrogen-bond acceptors (Lipinski definition) is 3. The van der Waals surface area contributed by atoms with Crippen molar-refractivity contribution >= 4 is 0 Å². The second kappa shape index (κ2) is 5.26. The van der Waals surface area contributed by atoms with Crippen molar-refractivity contribution in [2.45, 2.75) is 12.7 Å². The Morgan fingerprint density at radius 3 is 2.73 bits per heavy atom. The van der Waals surface area contributed by atoms with Crippen molar-refractivity contribution in [2.24, 2.45) is 5.92 Å². The summed E-state index contributed by atoms with van der Waals surface area (Å²) in [5, 5.41) is 12.7. The smallest absolute Gasteiger partial charge is 0.0726 e. The predicted molar refractivity (Wildman–Crippen MR) is 58.5 cm³/mol. The lowest BCUT2D eigenvalue weighted by Crippen LogP contribution is -2.22. The van der Waals surface area contributed by atoms with E-state index in [9.17, 15) is 5.11 Å². The lowest BCUT2D eigenvalue weighted by molar-refractivity contribution is 0.0449. The summed E-state index contributed by atoms with van der Waals surface area (Å²) in [4.78, 5) is 0. The molecule has 2 unspecified atom stereocenters. The van der Waals surface area contributed by atoms with Gasteiger partial charge in [-0.05, 0) is 5.56 Å². The van der Waals surface area contributed by atoms with E-state index in [1.165, 1.54) is 5.56 Å². The molecule has 15 heavy (non-hydrogen) atoms. The van der Waals surface area contributed by atoms with E-state index in [0.717, 1.165) is 6.54 Å². The average molecular weight is 207 g/mol. The van der Waals surface area contributed by atoms with Gasteiger partial charge in [0.15, 0.2) is 0 Å². The van der Waals surface area contributed by atoms with Gasteiger partial charge >= 0.3 is 0 Å². The van der Waals surface area contributed by atoms with Crippen LogP contribution in [0, 0.1) is 5.92 Å². The molecule has 0 spiro atoms. The molecule has 3 nitrogen and oxygen atoms in total. The van der Waals surface area contributed by atoms with Crippen molar-refractivity contribution in [2.75, 3.05) is 19.7 Å². The zero-order chi connectivity index (χ0) is 10.5. The van der Waals surface area contributed by atoms with Gasteiger partial charge in [0.1, 0.15) is 0 Å². The highest BCUT2D eigenvalue weighted by Gasteiger charge is 2.24. The Balaban J connectivity index is 1.71. The van der Waals surface area contributed by atoms with E-state index in [-0.39, 0.29) is 12.0 Å². The van der Waals surface area contributed by atoms with E-state index < -0.39 is 0 Å². The monoisotopic (exact) mass is 207 g/mol. The number of ether oxygens (including phenoxy) is 1. The minimum absolute atomic E-state index is 0.244. The summed E-state index contributed by atoms with van der Waals surface area (Å²) in [6.45, 7) is 2.81. The second-order valence-corrected chi connectivity index (χ2v) is 3.99. The zero-order valence-electron chi connectivity index (χ0n) is 8.73. The maximum atomic E-state index is 9.54. The van der Waals surface area contributed by atoms with Gasteiger partial charge in [0.25, 0.3) is 0 Å². The molecular weight excluding hydrogens is 190 g/mol. The highest BCUT2D eigenvalue weighted by molar-refractivity contribution is 5.13. The SMILES string of the molecule is OC1CNCC1COCc1ccccc1. The highest BCUT2D eigenvalue weighted by Crippen LogP contribution is 2.10. The molecule has 1 saturated heterocycles. The summed E-state index contributed by atoms with van der Waals surface area (Å²) in [5.74, 6) is 0.244. The van der Waals surface area contributed by atoms with E-state index in [2.05, 4.69) is 5.32 Å². The Kier molecular flexibility index (Phi) is 3.72. The minimum Gasteiger partial charge on any atom is -0.391 e. The van der Waals surface area contributed by atoms with Crippen molar-refractivity contribution in [1.29, 1.82) is 0 Å². The van der Waals surface area contributed by atoms with Crippen molar-refractivity contribution in [3.63, 3.8) is 0 Å². The Morgan fingerprint density at radius 1 is 1.27 bits per heavy atom. The summed E-state index contributed by atoms with van der Waals surface area (Å²) in [6, 6.07) is 10.1. The summed E-state index contributed by atoms with van der Waals surface area (Å²) in [6.07, 6.45) is -0.249. The molecular formula is C12H17NO2. The van der Waals surface area contributed by atoms with Gasteiger partial charge in [0.05, 0.1) is 19.3 Å². The molecule has 0 saturated carbocycles. The van der Waals surface area contributed by atoms with Crippen LogP contribution in [0.3, 0.4) is 0 Å². The summed E-state index contributed by atoms with van der Waals surface area (Å²) in [7, 11) is 0. The Morgan fingerprint density at radius 2 is 2.07 bits per heavy atom. The fourth-order valence-corrected chi connectivity index (χ4v) is 1.79. The first-order valence-electron chi connectivity index (χ1n) is 5.36. The van der Waals surface area contributed by atoms with Crippen LogP contribution in [0.15, 0.2) is 30.3 Å². The molecule has 0 amide bonds. The molecule has 0 aliphatic carbocycles. The topological polar surface area (TPSA) is 41.5 Å². The van der Waals surface area contributed by atoms with E-state index >= 15 is 0 Å². The molecule has 1 aromatic carbocycles. The van der Waals surface area contributed by atoms with E-state index in [0.29, 0.717) is 19.8 Å². The van der Waals surface area contributed by atoms with Crippen LogP contribution in [0.5, 0.6) is 0 Å². The number of benzene rings is 1. The molecule has 1 aliphatic heterocycles. The third-order valence-electron chi connectivity index (χ3n) is 2.75. The van der Waals surface area contributed by atoms with Crippen LogP contribution >= 0.6 is 0 Å². The van der Waals surface area contributed by atoms with Gasteiger partial charge in [-0.2, -0.15) is 0 Å². The number of β-amino-alcohol motifs (C(OH)–C–C–N with tert-alkyl or cyclic N) is 1. The Hall–Kier alpha value is -0.900. The van der Waals surface area contributed by atoms with E-state index in [1.54, 1.807) is 0 Å². The molecule has 1 fully saturated rings. The van der Waals surface area contributed by atoms with Gasteiger partial charge in [0, 0.05) is 19.0 Å². The number of rotatable bonds is 4. The maximum Gasteiger partial charge on any atom is 0.0726 e. The van der Waals surface area contributed by atoms with Gasteiger partial charge in [0.2, 0.25) is 0 Å². The van der Waals surface area contributed by atoms with Crippen molar-refractivity contribution in [3.05, 3.63) is 35.9 Å². The Bertz CT molecular complexity index is 289. The molecule has 1 aromatic rings. The zero-order valence-corrected chi connectivity index (χ0v) is 8.73. The lowest BCUT2D eigenvalue weighted by atomic mass is 10.1. The number of nitrogens with one attached hydrogen (secondary N) is 1. The van der Waals surface area contributed by atoms with Crippen molar-refractivity contribution in [1.82, 2.24) is 5.32 Å². The molecule has 0 bridgehead atoms. The molecule has 2 atom stereocenters. The van der Waals surface area contributed by atoms with Crippen LogP contribution in [0.25, 0.3) is 0 Å². The van der Waals surface area contributed by atoms with Gasteiger partial charge in [-0.1, -0.05) is 30.3 Å². The van der Waals surface area contributed by atoms with Crippen molar-refractivity contribution < 1.29 is 9.84 Å². The average Bonchev–Trinajstić information content (AvgIpc) is 2.66. The molecule has 2 rings (SSSR count). The predicted octanol–water partition coefficient (Wildman–Crippen LogP) is 0.783. The van der Waals surface area contributed by atoms with Crippen LogP contribution < -0.4 is 5.32 Å². The Labute approximate surface area is 90.1 Å². The quantitative estimate of drug-likeness (QED) is 0.766. The number of aliphatic hydroxyl groups excluding tert-OH is 1.